The standard InChI is InChI=1S/C28H31NO6/c1-32-19-11-8-17(9-12-19)14-15-29-25(18-10-13-22(33-2)23(16-18)34-3)24-26(30)20-6-4-5-7-21(20)35-27(24)28(29)31/h8-13,16,20-21,25H,4-7,14-15H2,1-3H3. The quantitative estimate of drug-likeness (QED) is 0.594. The van der Waals surface area contributed by atoms with Gasteiger partial charge in [-0.2, -0.15) is 0 Å². The van der Waals surface area contributed by atoms with Crippen molar-refractivity contribution < 1.29 is 28.5 Å². The molecule has 2 aromatic rings. The number of hydrogen-bond donors (Lipinski definition) is 0. The van der Waals surface area contributed by atoms with E-state index in [1.807, 2.05) is 42.5 Å². The lowest BCUT2D eigenvalue weighted by Gasteiger charge is -2.35. The Labute approximate surface area is 205 Å². The minimum atomic E-state index is -0.522. The minimum absolute atomic E-state index is 0.0519. The summed E-state index contributed by atoms with van der Waals surface area (Å²) in [5, 5.41) is 0. The Morgan fingerprint density at radius 2 is 1.66 bits per heavy atom. The molecule has 1 aliphatic carbocycles. The Morgan fingerprint density at radius 3 is 2.37 bits per heavy atom. The van der Waals surface area contributed by atoms with Gasteiger partial charge in [0.1, 0.15) is 11.9 Å². The van der Waals surface area contributed by atoms with E-state index in [0.717, 1.165) is 42.6 Å². The SMILES string of the molecule is COc1ccc(CCN2C(=O)C3=C(C(=O)C4CCCCC4O3)C2c2ccc(OC)c(OC)c2)cc1. The first-order chi connectivity index (χ1) is 17.0. The smallest absolute Gasteiger partial charge is 0.290 e. The lowest BCUT2D eigenvalue weighted by Crippen LogP contribution is -2.39. The number of carbonyl (C=O) groups is 2. The van der Waals surface area contributed by atoms with Crippen LogP contribution in [0.1, 0.15) is 42.9 Å². The second kappa shape index (κ2) is 9.64. The maximum Gasteiger partial charge on any atom is 0.290 e. The number of benzene rings is 2. The van der Waals surface area contributed by atoms with E-state index >= 15 is 0 Å². The molecule has 3 aliphatic rings. The van der Waals surface area contributed by atoms with Gasteiger partial charge in [0.2, 0.25) is 0 Å². The molecule has 0 bridgehead atoms. The van der Waals surface area contributed by atoms with Crippen LogP contribution in [0, 0.1) is 5.92 Å². The second-order valence-corrected chi connectivity index (χ2v) is 9.27. The van der Waals surface area contributed by atoms with Crippen LogP contribution in [-0.4, -0.2) is 50.6 Å². The maximum absolute atomic E-state index is 13.8. The van der Waals surface area contributed by atoms with Crippen molar-refractivity contribution in [3.63, 3.8) is 0 Å². The van der Waals surface area contributed by atoms with Crippen molar-refractivity contribution in [1.82, 2.24) is 4.90 Å². The molecule has 0 spiro atoms. The van der Waals surface area contributed by atoms with Gasteiger partial charge in [-0.3, -0.25) is 9.59 Å². The molecular weight excluding hydrogens is 446 g/mol. The zero-order chi connectivity index (χ0) is 24.5. The van der Waals surface area contributed by atoms with Crippen molar-refractivity contribution in [3.05, 3.63) is 64.9 Å². The van der Waals surface area contributed by atoms with Gasteiger partial charge < -0.3 is 23.8 Å². The van der Waals surface area contributed by atoms with Crippen molar-refractivity contribution in [3.8, 4) is 17.2 Å². The Bertz CT molecular complexity index is 1150. The second-order valence-electron chi connectivity index (χ2n) is 9.27. The average Bonchev–Trinajstić information content (AvgIpc) is 3.18. The molecule has 1 saturated carbocycles. The van der Waals surface area contributed by atoms with Crippen LogP contribution >= 0.6 is 0 Å². The van der Waals surface area contributed by atoms with Gasteiger partial charge in [0.25, 0.3) is 5.91 Å². The largest absolute Gasteiger partial charge is 0.497 e. The fourth-order valence-corrected chi connectivity index (χ4v) is 5.53. The Kier molecular flexibility index (Phi) is 6.41. The number of ketones is 1. The van der Waals surface area contributed by atoms with Gasteiger partial charge in [0.05, 0.1) is 38.9 Å². The van der Waals surface area contributed by atoms with Gasteiger partial charge >= 0.3 is 0 Å². The van der Waals surface area contributed by atoms with Crippen LogP contribution in [-0.2, 0) is 20.7 Å². The number of nitrogens with zero attached hydrogens (tertiary/aromatic N) is 1. The number of methoxy groups -OCH3 is 3. The van der Waals surface area contributed by atoms with Crippen LogP contribution < -0.4 is 14.2 Å². The molecule has 35 heavy (non-hydrogen) atoms. The van der Waals surface area contributed by atoms with Crippen molar-refractivity contribution in [1.29, 1.82) is 0 Å². The predicted octanol–water partition coefficient (Wildman–Crippen LogP) is 4.25. The highest BCUT2D eigenvalue weighted by atomic mass is 16.5. The van der Waals surface area contributed by atoms with Gasteiger partial charge in [0.15, 0.2) is 23.0 Å². The van der Waals surface area contributed by atoms with Crippen LogP contribution in [0.4, 0.5) is 0 Å². The zero-order valence-corrected chi connectivity index (χ0v) is 20.4. The summed E-state index contributed by atoms with van der Waals surface area (Å²) in [6.07, 6.45) is 4.08. The lowest BCUT2D eigenvalue weighted by molar-refractivity contribution is -0.135. The summed E-state index contributed by atoms with van der Waals surface area (Å²) in [5.41, 5.74) is 2.37. The normalized spacial score (nSPS) is 23.5. The van der Waals surface area contributed by atoms with E-state index in [0.29, 0.717) is 30.0 Å². The monoisotopic (exact) mass is 477 g/mol. The predicted molar refractivity (Wildman–Crippen MR) is 130 cm³/mol. The molecular formula is C28H31NO6. The fraction of sp³-hybridized carbons (Fsp3) is 0.429. The minimum Gasteiger partial charge on any atom is -0.497 e. The van der Waals surface area contributed by atoms with Crippen LogP contribution in [0.25, 0.3) is 0 Å². The number of hydrogen-bond acceptors (Lipinski definition) is 6. The summed E-state index contributed by atoms with van der Waals surface area (Å²) < 4.78 is 22.4. The van der Waals surface area contributed by atoms with Gasteiger partial charge in [-0.15, -0.1) is 0 Å². The molecule has 184 valence electrons. The van der Waals surface area contributed by atoms with E-state index in [2.05, 4.69) is 0 Å². The molecule has 7 heteroatoms. The van der Waals surface area contributed by atoms with Crippen LogP contribution in [0.3, 0.4) is 0 Å². The van der Waals surface area contributed by atoms with E-state index in [1.54, 1.807) is 26.2 Å². The molecule has 5 rings (SSSR count). The molecule has 3 unspecified atom stereocenters. The molecule has 0 N–H and O–H groups in total. The third kappa shape index (κ3) is 4.13. The molecule has 1 fully saturated rings. The number of carbonyl (C=O) groups excluding carboxylic acids is 2. The van der Waals surface area contributed by atoms with Crippen molar-refractivity contribution in [2.75, 3.05) is 27.9 Å². The number of fused-ring (bicyclic) bond motifs is 1. The van der Waals surface area contributed by atoms with E-state index in [1.165, 1.54) is 0 Å². The van der Waals surface area contributed by atoms with Crippen LogP contribution in [0.2, 0.25) is 0 Å². The topological polar surface area (TPSA) is 74.3 Å². The molecule has 1 amide bonds. The summed E-state index contributed by atoms with van der Waals surface area (Å²) in [5.74, 6) is 1.82. The molecule has 0 saturated heterocycles. The highest BCUT2D eigenvalue weighted by Gasteiger charge is 2.51. The van der Waals surface area contributed by atoms with Crippen LogP contribution in [0.5, 0.6) is 17.2 Å². The van der Waals surface area contributed by atoms with Crippen molar-refractivity contribution in [2.24, 2.45) is 5.92 Å². The molecule has 2 aliphatic heterocycles. The van der Waals surface area contributed by atoms with Gasteiger partial charge in [-0.25, -0.2) is 0 Å². The summed E-state index contributed by atoms with van der Waals surface area (Å²) in [4.78, 5) is 29.2. The van der Waals surface area contributed by atoms with E-state index in [-0.39, 0.29) is 29.5 Å². The Morgan fingerprint density at radius 1 is 0.914 bits per heavy atom. The number of rotatable bonds is 7. The first kappa shape index (κ1) is 23.3. The molecule has 7 nitrogen and oxygen atoms in total. The fourth-order valence-electron chi connectivity index (χ4n) is 5.53. The van der Waals surface area contributed by atoms with Gasteiger partial charge in [-0.1, -0.05) is 24.6 Å². The zero-order valence-electron chi connectivity index (χ0n) is 20.4. The number of ether oxygens (including phenoxy) is 4. The first-order valence-electron chi connectivity index (χ1n) is 12.2. The average molecular weight is 478 g/mol. The Balaban J connectivity index is 1.51. The van der Waals surface area contributed by atoms with Gasteiger partial charge in [-0.05, 0) is 61.1 Å². The van der Waals surface area contributed by atoms with Gasteiger partial charge in [0, 0.05) is 6.54 Å². The van der Waals surface area contributed by atoms with E-state index < -0.39 is 6.04 Å². The van der Waals surface area contributed by atoms with Crippen molar-refractivity contribution in [2.45, 2.75) is 44.2 Å². The molecule has 2 heterocycles. The third-order valence-corrected chi connectivity index (χ3v) is 7.38. The number of Topliss-reactive ketones (excluding diaryl/α,β-unsaturated/α-hetero) is 1. The maximum atomic E-state index is 13.8. The van der Waals surface area contributed by atoms with E-state index in [4.69, 9.17) is 18.9 Å². The molecule has 0 aromatic heterocycles. The summed E-state index contributed by atoms with van der Waals surface area (Å²) in [6.45, 7) is 0.448. The summed E-state index contributed by atoms with van der Waals surface area (Å²) >= 11 is 0. The lowest BCUT2D eigenvalue weighted by atomic mass is 9.77. The molecule has 0 radical (unpaired) electrons. The highest BCUT2D eigenvalue weighted by Crippen LogP contribution is 2.47. The highest BCUT2D eigenvalue weighted by molar-refractivity contribution is 6.11. The molecule has 2 aromatic carbocycles. The third-order valence-electron chi connectivity index (χ3n) is 7.38. The number of amides is 1. The Hall–Kier alpha value is -3.48. The van der Waals surface area contributed by atoms with Crippen LogP contribution in [0.15, 0.2) is 53.8 Å². The summed E-state index contributed by atoms with van der Waals surface area (Å²) in [7, 11) is 4.80. The summed E-state index contributed by atoms with van der Waals surface area (Å²) in [6, 6.07) is 12.9. The first-order valence-corrected chi connectivity index (χ1v) is 12.2. The molecule has 3 atom stereocenters. The van der Waals surface area contributed by atoms with Crippen molar-refractivity contribution >= 4 is 11.7 Å². The van der Waals surface area contributed by atoms with E-state index in [9.17, 15) is 9.59 Å².